The first-order chi connectivity index (χ1) is 13.6. The van der Waals surface area contributed by atoms with E-state index in [0.29, 0.717) is 13.2 Å². The van der Waals surface area contributed by atoms with Gasteiger partial charge < -0.3 is 20.1 Å². The van der Waals surface area contributed by atoms with E-state index in [0.717, 1.165) is 22.4 Å². The molecule has 2 saturated heterocycles. The lowest BCUT2D eigenvalue weighted by atomic mass is 10.0. The van der Waals surface area contributed by atoms with Crippen molar-refractivity contribution in [3.63, 3.8) is 0 Å². The highest BCUT2D eigenvalue weighted by Crippen LogP contribution is 2.31. The molecule has 2 aromatic rings. The predicted molar refractivity (Wildman–Crippen MR) is 108 cm³/mol. The van der Waals surface area contributed by atoms with Crippen molar-refractivity contribution in [2.24, 2.45) is 5.92 Å². The van der Waals surface area contributed by atoms with Crippen molar-refractivity contribution >= 4 is 11.7 Å². The minimum absolute atomic E-state index is 0.0134. The smallest absolute Gasteiger partial charge is 0.319 e. The lowest BCUT2D eigenvalue weighted by Gasteiger charge is -2.18. The van der Waals surface area contributed by atoms with Crippen molar-refractivity contribution in [2.75, 3.05) is 18.5 Å². The van der Waals surface area contributed by atoms with Crippen LogP contribution in [0, 0.1) is 31.6 Å². The van der Waals surface area contributed by atoms with Crippen LogP contribution in [-0.2, 0) is 9.47 Å². The summed E-state index contributed by atoms with van der Waals surface area (Å²) in [6.07, 6.45) is -0.275. The highest BCUT2D eigenvalue weighted by atomic mass is 16.6. The summed E-state index contributed by atoms with van der Waals surface area (Å²) >= 11 is 0. The fourth-order valence-electron chi connectivity index (χ4n) is 3.83. The number of benzene rings is 2. The van der Waals surface area contributed by atoms with Gasteiger partial charge in [0.25, 0.3) is 0 Å². The third-order valence-corrected chi connectivity index (χ3v) is 5.03. The molecule has 2 aliphatic rings. The van der Waals surface area contributed by atoms with Gasteiger partial charge in [0.05, 0.1) is 25.2 Å². The second kappa shape index (κ2) is 8.05. The Balaban J connectivity index is 1.35. The summed E-state index contributed by atoms with van der Waals surface area (Å²) in [5.74, 6) is 6.47. The summed E-state index contributed by atoms with van der Waals surface area (Å²) < 4.78 is 11.8. The average molecular weight is 376 g/mol. The van der Waals surface area contributed by atoms with E-state index in [4.69, 9.17) is 9.47 Å². The van der Waals surface area contributed by atoms with Crippen LogP contribution in [0.15, 0.2) is 48.5 Å². The van der Waals surface area contributed by atoms with E-state index in [9.17, 15) is 4.79 Å². The Kier molecular flexibility index (Phi) is 5.34. The van der Waals surface area contributed by atoms with Gasteiger partial charge in [0.1, 0.15) is 12.2 Å². The summed E-state index contributed by atoms with van der Waals surface area (Å²) in [7, 11) is 0. The van der Waals surface area contributed by atoms with Crippen LogP contribution in [0.5, 0.6) is 0 Å². The molecule has 5 heteroatoms. The largest absolute Gasteiger partial charge is 0.372 e. The van der Waals surface area contributed by atoms with E-state index in [1.807, 2.05) is 56.3 Å². The van der Waals surface area contributed by atoms with Crippen LogP contribution in [0.4, 0.5) is 10.5 Å². The fraction of sp³-hybridized carbons (Fsp3) is 0.348. The molecular weight excluding hydrogens is 352 g/mol. The number of fused-ring (bicyclic) bond motifs is 1. The molecule has 2 aliphatic heterocycles. The lowest BCUT2D eigenvalue weighted by Crippen LogP contribution is -2.45. The summed E-state index contributed by atoms with van der Waals surface area (Å²) in [4.78, 5) is 12.4. The van der Waals surface area contributed by atoms with Gasteiger partial charge in [0.2, 0.25) is 0 Å². The monoisotopic (exact) mass is 376 g/mol. The van der Waals surface area contributed by atoms with Gasteiger partial charge in [-0.1, -0.05) is 36.1 Å². The molecule has 0 saturated carbocycles. The number of nitrogens with one attached hydrogen (secondary N) is 2. The Hall–Kier alpha value is -2.81. The Morgan fingerprint density at radius 1 is 1.00 bits per heavy atom. The first-order valence-corrected chi connectivity index (χ1v) is 9.54. The molecule has 2 N–H and O–H groups in total. The number of anilines is 1. The van der Waals surface area contributed by atoms with Crippen molar-refractivity contribution in [1.29, 1.82) is 0 Å². The Bertz CT molecular complexity index is 896. The van der Waals surface area contributed by atoms with Crippen LogP contribution < -0.4 is 10.6 Å². The Morgan fingerprint density at radius 3 is 2.46 bits per heavy atom. The zero-order valence-electron chi connectivity index (χ0n) is 16.1. The molecule has 1 unspecified atom stereocenters. The minimum atomic E-state index is -0.248. The molecule has 0 bridgehead atoms. The predicted octanol–water partition coefficient (Wildman–Crippen LogP) is 3.26. The van der Waals surface area contributed by atoms with Gasteiger partial charge in [-0.2, -0.15) is 0 Å². The van der Waals surface area contributed by atoms with Crippen LogP contribution in [-0.4, -0.2) is 37.5 Å². The van der Waals surface area contributed by atoms with Gasteiger partial charge in [-0.3, -0.25) is 0 Å². The van der Waals surface area contributed by atoms with E-state index in [2.05, 4.69) is 28.5 Å². The van der Waals surface area contributed by atoms with Crippen molar-refractivity contribution in [3.8, 4) is 11.8 Å². The van der Waals surface area contributed by atoms with E-state index in [-0.39, 0.29) is 30.2 Å². The quantitative estimate of drug-likeness (QED) is 0.791. The van der Waals surface area contributed by atoms with Gasteiger partial charge in [-0.25, -0.2) is 4.79 Å². The van der Waals surface area contributed by atoms with Crippen LogP contribution in [0.25, 0.3) is 0 Å². The highest BCUT2D eigenvalue weighted by Gasteiger charge is 2.47. The molecule has 0 aliphatic carbocycles. The maximum atomic E-state index is 12.4. The molecule has 4 atom stereocenters. The van der Waals surface area contributed by atoms with Crippen molar-refractivity contribution in [3.05, 3.63) is 65.2 Å². The molecule has 5 nitrogen and oxygen atoms in total. The topological polar surface area (TPSA) is 59.6 Å². The molecule has 4 rings (SSSR count). The minimum Gasteiger partial charge on any atom is -0.372 e. The van der Waals surface area contributed by atoms with Gasteiger partial charge in [-0.05, 0) is 49.2 Å². The van der Waals surface area contributed by atoms with E-state index in [1.165, 1.54) is 0 Å². The molecule has 2 amide bonds. The molecule has 2 fully saturated rings. The summed E-state index contributed by atoms with van der Waals surface area (Å²) in [5, 5.41) is 5.88. The Labute approximate surface area is 165 Å². The van der Waals surface area contributed by atoms with Crippen LogP contribution >= 0.6 is 0 Å². The number of carbonyl (C=O) groups is 1. The maximum Gasteiger partial charge on any atom is 0.319 e. The van der Waals surface area contributed by atoms with Crippen LogP contribution in [0.1, 0.15) is 16.7 Å². The van der Waals surface area contributed by atoms with Crippen LogP contribution in [0.3, 0.4) is 0 Å². The molecule has 144 valence electrons. The second-order valence-electron chi connectivity index (χ2n) is 7.42. The second-order valence-corrected chi connectivity index (χ2v) is 7.42. The number of amides is 2. The lowest BCUT2D eigenvalue weighted by molar-refractivity contribution is 0.0666. The van der Waals surface area contributed by atoms with Crippen LogP contribution in [0.2, 0.25) is 0 Å². The first-order valence-electron chi connectivity index (χ1n) is 9.54. The summed E-state index contributed by atoms with van der Waals surface area (Å²) in [6.45, 7) is 4.97. The molecule has 2 heterocycles. The molecular formula is C23H24N2O3. The third kappa shape index (κ3) is 4.19. The Morgan fingerprint density at radius 2 is 1.71 bits per heavy atom. The van der Waals surface area contributed by atoms with E-state index >= 15 is 0 Å². The number of hydrogen-bond acceptors (Lipinski definition) is 3. The number of rotatable bonds is 2. The molecule has 0 spiro atoms. The molecule has 0 aromatic heterocycles. The SMILES string of the molecule is Cc1cc(C)cc(NC(=O)N[C@H]2COC3[C@H](C#Cc4ccccc4)CO[C@@H]32)c1. The van der Waals surface area contributed by atoms with Gasteiger partial charge in [0, 0.05) is 11.3 Å². The average Bonchev–Trinajstić information content (AvgIpc) is 3.23. The normalized spacial score (nSPS) is 25.5. The number of urea groups is 1. The fourth-order valence-corrected chi connectivity index (χ4v) is 3.83. The highest BCUT2D eigenvalue weighted by molar-refractivity contribution is 5.89. The number of hydrogen-bond donors (Lipinski definition) is 2. The first kappa shape index (κ1) is 18.5. The zero-order valence-corrected chi connectivity index (χ0v) is 16.1. The standard InChI is InChI=1S/C23H24N2O3/c1-15-10-16(2)12-19(11-15)24-23(26)25-20-14-28-21-18(13-27-22(20)21)9-8-17-6-4-3-5-7-17/h3-7,10-12,18,20-22H,13-14H2,1-2H3,(H2,24,25,26)/t18-,20+,21?,22-/m1/s1. The van der Waals surface area contributed by atoms with Crippen molar-refractivity contribution in [1.82, 2.24) is 5.32 Å². The van der Waals surface area contributed by atoms with E-state index < -0.39 is 0 Å². The summed E-state index contributed by atoms with van der Waals surface area (Å²) in [6, 6.07) is 15.4. The molecule has 0 radical (unpaired) electrons. The maximum absolute atomic E-state index is 12.4. The van der Waals surface area contributed by atoms with Gasteiger partial charge >= 0.3 is 6.03 Å². The number of ether oxygens (including phenoxy) is 2. The zero-order chi connectivity index (χ0) is 19.5. The molecule has 2 aromatic carbocycles. The number of carbonyl (C=O) groups excluding carboxylic acids is 1. The van der Waals surface area contributed by atoms with Gasteiger partial charge in [-0.15, -0.1) is 0 Å². The third-order valence-electron chi connectivity index (χ3n) is 5.03. The number of aryl methyl sites for hydroxylation is 2. The van der Waals surface area contributed by atoms with Crippen molar-refractivity contribution in [2.45, 2.75) is 32.1 Å². The van der Waals surface area contributed by atoms with Crippen molar-refractivity contribution < 1.29 is 14.3 Å². The van der Waals surface area contributed by atoms with E-state index in [1.54, 1.807) is 0 Å². The summed E-state index contributed by atoms with van der Waals surface area (Å²) in [5.41, 5.74) is 3.98. The molecule has 28 heavy (non-hydrogen) atoms. The van der Waals surface area contributed by atoms with Gasteiger partial charge in [0.15, 0.2) is 0 Å².